The summed E-state index contributed by atoms with van der Waals surface area (Å²) in [5.41, 5.74) is 7.68. The molecule has 1 aliphatic rings. The number of hydrogen-bond acceptors (Lipinski definition) is 2. The van der Waals surface area contributed by atoms with Crippen molar-refractivity contribution in [2.75, 3.05) is 11.5 Å². The average Bonchev–Trinajstić information content (AvgIpc) is 2.82. The van der Waals surface area contributed by atoms with Crippen molar-refractivity contribution in [1.29, 1.82) is 0 Å². The van der Waals surface area contributed by atoms with Gasteiger partial charge in [-0.3, -0.25) is 4.21 Å². The number of nitrogens with two attached hydrogens (primary N) is 1. The number of anilines is 1. The van der Waals surface area contributed by atoms with E-state index < -0.39 is 10.8 Å². The van der Waals surface area contributed by atoms with Crippen molar-refractivity contribution in [3.63, 3.8) is 0 Å². The topological polar surface area (TPSA) is 43.1 Å². The van der Waals surface area contributed by atoms with Crippen LogP contribution in [0.2, 0.25) is 0 Å². The molecule has 0 aliphatic heterocycles. The minimum atomic E-state index is -0.926. The molecule has 0 heterocycles. The molecule has 1 aromatic carbocycles. The van der Waals surface area contributed by atoms with Gasteiger partial charge in [0.25, 0.3) is 0 Å². The predicted octanol–water partition coefficient (Wildman–Crippen LogP) is 3.27. The lowest BCUT2D eigenvalue weighted by molar-refractivity contribution is 0.531. The highest BCUT2D eigenvalue weighted by Crippen LogP contribution is 2.28. The van der Waals surface area contributed by atoms with Crippen molar-refractivity contribution in [3.8, 4) is 0 Å². The molecule has 0 amide bonds. The summed E-state index contributed by atoms with van der Waals surface area (Å²) in [7, 11) is -0.926. The van der Waals surface area contributed by atoms with Crippen LogP contribution in [-0.2, 0) is 10.8 Å². The molecule has 0 aromatic heterocycles. The molecule has 0 bridgehead atoms. The van der Waals surface area contributed by atoms with Crippen LogP contribution in [0.5, 0.6) is 0 Å². The lowest BCUT2D eigenvalue weighted by atomic mass is 10.1. The second kappa shape index (κ2) is 5.67. The molecular weight excluding hydrogens is 230 g/mol. The molecule has 1 saturated carbocycles. The molecule has 0 saturated heterocycles. The van der Waals surface area contributed by atoms with Gasteiger partial charge in [0.05, 0.1) is 15.7 Å². The molecule has 1 aliphatic carbocycles. The molecule has 3 heteroatoms. The second-order valence-corrected chi connectivity index (χ2v) is 6.57. The Bertz CT molecular complexity index is 411. The van der Waals surface area contributed by atoms with Crippen LogP contribution in [0.4, 0.5) is 5.69 Å². The van der Waals surface area contributed by atoms with Crippen molar-refractivity contribution >= 4 is 16.5 Å². The van der Waals surface area contributed by atoms with Gasteiger partial charge in [0.15, 0.2) is 0 Å². The van der Waals surface area contributed by atoms with Gasteiger partial charge in [0.1, 0.15) is 0 Å². The maximum absolute atomic E-state index is 12.2. The fourth-order valence-corrected chi connectivity index (χ4v) is 3.94. The summed E-state index contributed by atoms with van der Waals surface area (Å²) >= 11 is 0. The second-order valence-electron chi connectivity index (χ2n) is 5.03. The van der Waals surface area contributed by atoms with Gasteiger partial charge in [0.2, 0.25) is 0 Å². The van der Waals surface area contributed by atoms with Crippen LogP contribution in [0.3, 0.4) is 0 Å². The molecule has 0 spiro atoms. The van der Waals surface area contributed by atoms with Gasteiger partial charge >= 0.3 is 0 Å². The first kappa shape index (κ1) is 12.6. The van der Waals surface area contributed by atoms with E-state index in [4.69, 9.17) is 5.73 Å². The van der Waals surface area contributed by atoms with Gasteiger partial charge < -0.3 is 5.73 Å². The Labute approximate surface area is 106 Å². The van der Waals surface area contributed by atoms with E-state index in [9.17, 15) is 4.21 Å². The predicted molar refractivity (Wildman–Crippen MR) is 73.4 cm³/mol. The number of aryl methyl sites for hydroxylation is 1. The molecule has 17 heavy (non-hydrogen) atoms. The SMILES string of the molecule is Cc1ccc(N)c(S(=O)CCC2CCCC2)c1. The van der Waals surface area contributed by atoms with E-state index in [2.05, 4.69) is 0 Å². The highest BCUT2D eigenvalue weighted by atomic mass is 32.2. The lowest BCUT2D eigenvalue weighted by Gasteiger charge is -2.10. The summed E-state index contributed by atoms with van der Waals surface area (Å²) in [6.07, 6.45) is 6.43. The van der Waals surface area contributed by atoms with E-state index >= 15 is 0 Å². The fraction of sp³-hybridized carbons (Fsp3) is 0.571. The Morgan fingerprint density at radius 1 is 1.35 bits per heavy atom. The van der Waals surface area contributed by atoms with Crippen LogP contribution < -0.4 is 5.73 Å². The Morgan fingerprint density at radius 2 is 2.06 bits per heavy atom. The van der Waals surface area contributed by atoms with Crippen molar-refractivity contribution in [2.45, 2.75) is 43.9 Å². The first-order valence-corrected chi connectivity index (χ1v) is 7.73. The Hall–Kier alpha value is -0.830. The maximum atomic E-state index is 12.2. The zero-order chi connectivity index (χ0) is 12.3. The zero-order valence-corrected chi connectivity index (χ0v) is 11.3. The third-order valence-corrected chi connectivity index (χ3v) is 5.05. The van der Waals surface area contributed by atoms with E-state index in [1.165, 1.54) is 25.7 Å². The Kier molecular flexibility index (Phi) is 4.21. The summed E-state index contributed by atoms with van der Waals surface area (Å²) < 4.78 is 12.2. The molecule has 2 N–H and O–H groups in total. The maximum Gasteiger partial charge on any atom is 0.0620 e. The number of rotatable bonds is 4. The van der Waals surface area contributed by atoms with E-state index in [1.807, 2.05) is 25.1 Å². The third-order valence-electron chi connectivity index (χ3n) is 3.60. The first-order valence-electron chi connectivity index (χ1n) is 6.41. The Balaban J connectivity index is 1.96. The van der Waals surface area contributed by atoms with Crippen LogP contribution in [0.25, 0.3) is 0 Å². The van der Waals surface area contributed by atoms with Crippen molar-refractivity contribution in [3.05, 3.63) is 23.8 Å². The molecule has 1 atom stereocenters. The van der Waals surface area contributed by atoms with Crippen LogP contribution in [-0.4, -0.2) is 9.96 Å². The van der Waals surface area contributed by atoms with Crippen LogP contribution in [0.1, 0.15) is 37.7 Å². The number of hydrogen-bond donors (Lipinski definition) is 1. The molecule has 2 rings (SSSR count). The summed E-state index contributed by atoms with van der Waals surface area (Å²) in [6.45, 7) is 2.01. The van der Waals surface area contributed by atoms with Crippen LogP contribution in [0.15, 0.2) is 23.1 Å². The van der Waals surface area contributed by atoms with Crippen LogP contribution >= 0.6 is 0 Å². The highest BCUT2D eigenvalue weighted by molar-refractivity contribution is 7.85. The zero-order valence-electron chi connectivity index (χ0n) is 10.4. The molecule has 2 nitrogen and oxygen atoms in total. The molecule has 0 radical (unpaired) electrons. The minimum Gasteiger partial charge on any atom is -0.398 e. The van der Waals surface area contributed by atoms with E-state index in [0.29, 0.717) is 5.69 Å². The largest absolute Gasteiger partial charge is 0.398 e. The van der Waals surface area contributed by atoms with Gasteiger partial charge in [0, 0.05) is 11.4 Å². The van der Waals surface area contributed by atoms with Gasteiger partial charge in [-0.1, -0.05) is 31.7 Å². The quantitative estimate of drug-likeness (QED) is 0.835. The van der Waals surface area contributed by atoms with E-state index in [0.717, 1.165) is 28.6 Å². The van der Waals surface area contributed by atoms with Crippen molar-refractivity contribution in [2.24, 2.45) is 5.92 Å². The van der Waals surface area contributed by atoms with Crippen molar-refractivity contribution in [1.82, 2.24) is 0 Å². The highest BCUT2D eigenvalue weighted by Gasteiger charge is 2.17. The smallest absolute Gasteiger partial charge is 0.0620 e. The Morgan fingerprint density at radius 3 is 2.76 bits per heavy atom. The van der Waals surface area contributed by atoms with Gasteiger partial charge in [-0.25, -0.2) is 0 Å². The third kappa shape index (κ3) is 3.32. The van der Waals surface area contributed by atoms with E-state index in [1.54, 1.807) is 0 Å². The number of nitrogen functional groups attached to an aromatic ring is 1. The first-order chi connectivity index (χ1) is 8.16. The van der Waals surface area contributed by atoms with Gasteiger partial charge in [-0.15, -0.1) is 0 Å². The summed E-state index contributed by atoms with van der Waals surface area (Å²) in [5.74, 6) is 1.56. The molecule has 1 unspecified atom stereocenters. The minimum absolute atomic E-state index is 0.667. The van der Waals surface area contributed by atoms with Gasteiger partial charge in [-0.05, 0) is 37.0 Å². The number of benzene rings is 1. The molecule has 1 aromatic rings. The van der Waals surface area contributed by atoms with Gasteiger partial charge in [-0.2, -0.15) is 0 Å². The monoisotopic (exact) mass is 251 g/mol. The summed E-state index contributed by atoms with van der Waals surface area (Å²) in [5, 5.41) is 0. The summed E-state index contributed by atoms with van der Waals surface area (Å²) in [4.78, 5) is 0.822. The normalized spacial score (nSPS) is 18.4. The van der Waals surface area contributed by atoms with Crippen molar-refractivity contribution < 1.29 is 4.21 Å². The fourth-order valence-electron chi connectivity index (χ4n) is 2.52. The van der Waals surface area contributed by atoms with E-state index in [-0.39, 0.29) is 0 Å². The molecular formula is C14H21NOS. The summed E-state index contributed by atoms with van der Waals surface area (Å²) in [6, 6.07) is 5.78. The molecule has 1 fully saturated rings. The lowest BCUT2D eigenvalue weighted by Crippen LogP contribution is -2.06. The standard InChI is InChI=1S/C14H21NOS/c1-11-6-7-13(15)14(10-11)17(16)9-8-12-4-2-3-5-12/h6-7,10,12H,2-5,8-9,15H2,1H3. The molecule has 94 valence electrons. The van der Waals surface area contributed by atoms with Crippen LogP contribution in [0, 0.1) is 12.8 Å². The average molecular weight is 251 g/mol.